The first kappa shape index (κ1) is 23.8. The Balaban J connectivity index is 1.17. The van der Waals surface area contributed by atoms with Crippen LogP contribution in [0.5, 0.6) is 0 Å². The molecular weight excluding hydrogens is 467 g/mol. The number of likely N-dealkylation sites (tertiary alicyclic amines) is 2. The highest BCUT2D eigenvalue weighted by Crippen LogP contribution is 2.63. The van der Waals surface area contributed by atoms with Crippen LogP contribution in [-0.2, 0) is 12.7 Å². The van der Waals surface area contributed by atoms with Gasteiger partial charge in [0.25, 0.3) is 11.8 Å². The molecule has 5 nitrogen and oxygen atoms in total. The highest BCUT2D eigenvalue weighted by atomic mass is 19.4. The molecule has 3 heterocycles. The molecule has 0 atom stereocenters. The van der Waals surface area contributed by atoms with Crippen molar-refractivity contribution < 1.29 is 26.7 Å². The fourth-order valence-electron chi connectivity index (χ4n) is 5.46. The maximum Gasteiger partial charge on any atom is 0.416 e. The molecule has 1 spiro atoms. The van der Waals surface area contributed by atoms with E-state index in [4.69, 9.17) is 0 Å². The summed E-state index contributed by atoms with van der Waals surface area (Å²) in [4.78, 5) is 16.7. The minimum absolute atomic E-state index is 0.103. The van der Waals surface area contributed by atoms with Crippen molar-refractivity contribution in [1.82, 2.24) is 19.6 Å². The summed E-state index contributed by atoms with van der Waals surface area (Å²) in [5.74, 6) is -2.94. The molecule has 2 aliphatic heterocycles. The zero-order valence-electron chi connectivity index (χ0n) is 19.4. The van der Waals surface area contributed by atoms with Crippen molar-refractivity contribution in [3.8, 4) is 0 Å². The van der Waals surface area contributed by atoms with Crippen LogP contribution in [-0.4, -0.2) is 57.6 Å². The van der Waals surface area contributed by atoms with Gasteiger partial charge in [-0.2, -0.15) is 18.3 Å². The first-order valence-corrected chi connectivity index (χ1v) is 11.6. The number of alkyl halides is 5. The van der Waals surface area contributed by atoms with Crippen molar-refractivity contribution in [2.45, 2.75) is 44.8 Å². The SMILES string of the molecule is C=C(N1CC2(CCN(C(=O)c3cnn(Cc4ccc(C(F)(F)F)cc4)c3)C2)C1)C1(C(C)(F)F)CC1. The maximum atomic E-state index is 14.1. The fourth-order valence-corrected chi connectivity index (χ4v) is 5.46. The molecule has 0 unspecified atom stereocenters. The Morgan fingerprint density at radius 1 is 1.03 bits per heavy atom. The molecule has 1 aromatic heterocycles. The Hall–Kier alpha value is -2.91. The molecule has 1 aliphatic carbocycles. The van der Waals surface area contributed by atoms with E-state index in [1.165, 1.54) is 23.0 Å². The van der Waals surface area contributed by atoms with Gasteiger partial charge in [0, 0.05) is 50.4 Å². The lowest BCUT2D eigenvalue weighted by Gasteiger charge is -2.52. The van der Waals surface area contributed by atoms with Crippen molar-refractivity contribution in [2.75, 3.05) is 26.2 Å². The van der Waals surface area contributed by atoms with Crippen LogP contribution in [0.25, 0.3) is 0 Å². The number of rotatable bonds is 6. The van der Waals surface area contributed by atoms with Gasteiger partial charge in [-0.3, -0.25) is 9.48 Å². The van der Waals surface area contributed by atoms with Gasteiger partial charge in [-0.1, -0.05) is 18.7 Å². The standard InChI is InChI=1S/C25H27F5N4O/c1-17(24(7-8-24)22(2,26)27)33-15-23(16-33)9-10-32(14-23)21(35)19-11-31-34(13-19)12-18-3-5-20(6-4-18)25(28,29)30/h3-6,11,13H,1,7-10,12,14-16H2,2H3. The van der Waals surface area contributed by atoms with Gasteiger partial charge in [0.2, 0.25) is 0 Å². The summed E-state index contributed by atoms with van der Waals surface area (Å²) >= 11 is 0. The first-order chi connectivity index (χ1) is 16.3. The summed E-state index contributed by atoms with van der Waals surface area (Å²) in [6.45, 7) is 7.58. The number of amides is 1. The second kappa shape index (κ2) is 7.80. The molecule has 0 radical (unpaired) electrons. The predicted molar refractivity (Wildman–Crippen MR) is 119 cm³/mol. The van der Waals surface area contributed by atoms with Gasteiger partial charge >= 0.3 is 6.18 Å². The Kier molecular flexibility index (Phi) is 5.30. The predicted octanol–water partition coefficient (Wildman–Crippen LogP) is 5.05. The quantitative estimate of drug-likeness (QED) is 0.528. The smallest absolute Gasteiger partial charge is 0.373 e. The van der Waals surface area contributed by atoms with E-state index in [9.17, 15) is 26.7 Å². The molecule has 3 aliphatic rings. The molecule has 10 heteroatoms. The van der Waals surface area contributed by atoms with E-state index in [1.807, 2.05) is 4.90 Å². The van der Waals surface area contributed by atoms with E-state index in [-0.39, 0.29) is 17.9 Å². The van der Waals surface area contributed by atoms with Crippen LogP contribution in [0, 0.1) is 10.8 Å². The number of allylic oxidation sites excluding steroid dienone is 1. The third-order valence-corrected chi connectivity index (χ3v) is 7.81. The van der Waals surface area contributed by atoms with E-state index in [1.54, 1.807) is 11.1 Å². The topological polar surface area (TPSA) is 41.4 Å². The van der Waals surface area contributed by atoms with Gasteiger partial charge in [-0.05, 0) is 37.0 Å². The first-order valence-electron chi connectivity index (χ1n) is 11.6. The lowest BCUT2D eigenvalue weighted by Crippen LogP contribution is -2.58. The highest BCUT2D eigenvalue weighted by Gasteiger charge is 2.64. The molecule has 188 valence electrons. The highest BCUT2D eigenvalue weighted by molar-refractivity contribution is 5.94. The van der Waals surface area contributed by atoms with Crippen LogP contribution in [0.2, 0.25) is 0 Å². The van der Waals surface area contributed by atoms with E-state index in [0.29, 0.717) is 55.8 Å². The summed E-state index contributed by atoms with van der Waals surface area (Å²) < 4.78 is 67.9. The van der Waals surface area contributed by atoms with Gasteiger partial charge in [-0.25, -0.2) is 8.78 Å². The van der Waals surface area contributed by atoms with E-state index in [2.05, 4.69) is 11.7 Å². The number of nitrogens with zero attached hydrogens (tertiary/aromatic N) is 4. The van der Waals surface area contributed by atoms with Crippen molar-refractivity contribution in [3.63, 3.8) is 0 Å². The number of aromatic nitrogens is 2. The lowest BCUT2D eigenvalue weighted by molar-refractivity contribution is -0.137. The van der Waals surface area contributed by atoms with Crippen LogP contribution in [0.3, 0.4) is 0 Å². The van der Waals surface area contributed by atoms with E-state index < -0.39 is 23.1 Å². The van der Waals surface area contributed by atoms with Crippen molar-refractivity contribution in [1.29, 1.82) is 0 Å². The number of carbonyl (C=O) groups is 1. The monoisotopic (exact) mass is 494 g/mol. The number of carbonyl (C=O) groups excluding carboxylic acids is 1. The minimum Gasteiger partial charge on any atom is -0.373 e. The molecule has 1 amide bonds. The van der Waals surface area contributed by atoms with Crippen molar-refractivity contribution in [3.05, 3.63) is 65.6 Å². The Bertz CT molecular complexity index is 1140. The van der Waals surface area contributed by atoms with E-state index >= 15 is 0 Å². The zero-order chi connectivity index (χ0) is 25.2. The molecule has 5 rings (SSSR count). The minimum atomic E-state index is -4.39. The van der Waals surface area contributed by atoms with Crippen LogP contribution in [0.4, 0.5) is 22.0 Å². The normalized spacial score (nSPS) is 20.7. The summed E-state index contributed by atoms with van der Waals surface area (Å²) in [5, 5.41) is 4.19. The second-order valence-electron chi connectivity index (χ2n) is 10.4. The molecule has 3 fully saturated rings. The van der Waals surface area contributed by atoms with Gasteiger partial charge in [0.05, 0.1) is 29.3 Å². The van der Waals surface area contributed by atoms with Crippen LogP contribution < -0.4 is 0 Å². The zero-order valence-corrected chi connectivity index (χ0v) is 19.4. The van der Waals surface area contributed by atoms with Gasteiger partial charge in [-0.15, -0.1) is 0 Å². The summed E-state index contributed by atoms with van der Waals surface area (Å²) in [6, 6.07) is 4.84. The summed E-state index contributed by atoms with van der Waals surface area (Å²) in [7, 11) is 0. The van der Waals surface area contributed by atoms with Gasteiger partial charge in [0.15, 0.2) is 0 Å². The Labute approximate surface area is 200 Å². The number of benzene rings is 1. The Morgan fingerprint density at radius 2 is 1.66 bits per heavy atom. The van der Waals surface area contributed by atoms with Gasteiger partial charge in [0.1, 0.15) is 0 Å². The molecular formula is C25H27F5N4O. The largest absolute Gasteiger partial charge is 0.416 e. The van der Waals surface area contributed by atoms with Crippen molar-refractivity contribution >= 4 is 5.91 Å². The lowest BCUT2D eigenvalue weighted by atomic mass is 9.77. The van der Waals surface area contributed by atoms with Crippen LogP contribution >= 0.6 is 0 Å². The average molecular weight is 495 g/mol. The summed E-state index contributed by atoms with van der Waals surface area (Å²) in [6.07, 6.45) is 0.395. The molecule has 35 heavy (non-hydrogen) atoms. The molecule has 2 saturated heterocycles. The van der Waals surface area contributed by atoms with Crippen LogP contribution in [0.1, 0.15) is 47.7 Å². The number of hydrogen-bond donors (Lipinski definition) is 0. The summed E-state index contributed by atoms with van der Waals surface area (Å²) in [5.41, 5.74) is -0.351. The second-order valence-corrected chi connectivity index (χ2v) is 10.4. The average Bonchev–Trinajstić information content (AvgIpc) is 3.26. The molecule has 0 bridgehead atoms. The molecule has 0 N–H and O–H groups in total. The fraction of sp³-hybridized carbons (Fsp3) is 0.520. The maximum absolute atomic E-state index is 14.1. The van der Waals surface area contributed by atoms with Crippen LogP contribution in [0.15, 0.2) is 48.9 Å². The van der Waals surface area contributed by atoms with E-state index in [0.717, 1.165) is 25.5 Å². The van der Waals surface area contributed by atoms with Crippen molar-refractivity contribution in [2.24, 2.45) is 10.8 Å². The molecule has 2 aromatic rings. The third kappa shape index (κ3) is 4.21. The number of halogens is 5. The number of hydrogen-bond acceptors (Lipinski definition) is 3. The van der Waals surface area contributed by atoms with Gasteiger partial charge < -0.3 is 9.80 Å². The Morgan fingerprint density at radius 3 is 2.23 bits per heavy atom. The molecule has 1 saturated carbocycles. The third-order valence-electron chi connectivity index (χ3n) is 7.81. The molecule has 1 aromatic carbocycles.